The van der Waals surface area contributed by atoms with Gasteiger partial charge in [0.25, 0.3) is 0 Å². The van der Waals surface area contributed by atoms with Crippen LogP contribution in [0.4, 0.5) is 5.69 Å². The molecule has 0 spiro atoms. The second kappa shape index (κ2) is 4.63. The number of aryl methyl sites for hydroxylation is 1. The summed E-state index contributed by atoms with van der Waals surface area (Å²) in [7, 11) is 0. The Morgan fingerprint density at radius 1 is 1.15 bits per heavy atom. The molecule has 2 nitrogen and oxygen atoms in total. The molecule has 20 heavy (non-hydrogen) atoms. The summed E-state index contributed by atoms with van der Waals surface area (Å²) in [5, 5.41) is 0.772. The minimum absolute atomic E-state index is 0.248. The monoisotopic (exact) mass is 348 g/mol. The molecule has 0 bridgehead atoms. The van der Waals surface area contributed by atoms with Crippen molar-refractivity contribution in [2.75, 3.05) is 5.73 Å². The Balaban J connectivity index is 1.91. The van der Waals surface area contributed by atoms with Crippen molar-refractivity contribution in [1.82, 2.24) is 4.98 Å². The Morgan fingerprint density at radius 2 is 1.95 bits per heavy atom. The van der Waals surface area contributed by atoms with Crippen molar-refractivity contribution in [1.29, 1.82) is 0 Å². The molecule has 2 heterocycles. The van der Waals surface area contributed by atoms with Crippen molar-refractivity contribution >= 4 is 41.6 Å². The zero-order chi connectivity index (χ0) is 13.7. The van der Waals surface area contributed by atoms with E-state index in [2.05, 4.69) is 18.2 Å². The van der Waals surface area contributed by atoms with Gasteiger partial charge < -0.3 is 0 Å². The van der Waals surface area contributed by atoms with Crippen LogP contribution < -0.4 is 5.73 Å². The normalized spacial score (nSPS) is 13.8. The molecule has 1 aliphatic carbocycles. The summed E-state index contributed by atoms with van der Waals surface area (Å²) in [6, 6.07) is 10.2. The number of aromatic nitrogens is 1. The topological polar surface area (TPSA) is 38.9 Å². The molecule has 0 radical (unpaired) electrons. The Kier molecular flexibility index (Phi) is 2.88. The van der Waals surface area contributed by atoms with Crippen LogP contribution in [0.25, 0.3) is 19.8 Å². The zero-order valence-corrected chi connectivity index (χ0v) is 13.3. The van der Waals surface area contributed by atoms with Crippen molar-refractivity contribution < 1.29 is 0 Å². The van der Waals surface area contributed by atoms with Crippen molar-refractivity contribution in [2.24, 2.45) is 0 Å². The van der Waals surface area contributed by atoms with Crippen LogP contribution in [-0.2, 0) is 12.8 Å². The fourth-order valence-corrected chi connectivity index (χ4v) is 5.24. The van der Waals surface area contributed by atoms with Crippen molar-refractivity contribution in [3.05, 3.63) is 46.6 Å². The first-order valence-corrected chi connectivity index (χ1v) is 8.78. The van der Waals surface area contributed by atoms with E-state index in [1.165, 1.54) is 31.9 Å². The molecule has 0 saturated heterocycles. The number of fused-ring (bicyclic) bond motifs is 2. The Hall–Kier alpha value is -1.28. The van der Waals surface area contributed by atoms with Gasteiger partial charge in [0.05, 0.1) is 0 Å². The van der Waals surface area contributed by atoms with Crippen LogP contribution in [0.5, 0.6) is 0 Å². The second-order valence-electron chi connectivity index (χ2n) is 5.14. The Bertz CT molecular complexity index is 805. The third-order valence-electron chi connectivity index (χ3n) is 3.86. The molecule has 4 rings (SSSR count). The predicted molar refractivity (Wildman–Crippen MR) is 85.6 cm³/mol. The van der Waals surface area contributed by atoms with Gasteiger partial charge in [0.15, 0.2) is 0 Å². The van der Waals surface area contributed by atoms with Gasteiger partial charge >= 0.3 is 128 Å². The maximum absolute atomic E-state index is 6.37. The van der Waals surface area contributed by atoms with Gasteiger partial charge in [-0.05, 0) is 0 Å². The minimum atomic E-state index is 0.248. The van der Waals surface area contributed by atoms with Gasteiger partial charge in [0, 0.05) is 0 Å². The number of nitrogens with zero attached hydrogens (tertiary/aromatic N) is 1. The Morgan fingerprint density at radius 3 is 2.75 bits per heavy atom. The molecular weight excluding hydrogens is 335 g/mol. The van der Waals surface area contributed by atoms with Crippen LogP contribution in [0.3, 0.4) is 0 Å². The average Bonchev–Trinajstić information content (AvgIpc) is 3.06. The van der Waals surface area contributed by atoms with E-state index >= 15 is 0 Å². The van der Waals surface area contributed by atoms with E-state index in [-0.39, 0.29) is 14.5 Å². The van der Waals surface area contributed by atoms with Crippen LogP contribution in [-0.4, -0.2) is 19.5 Å². The molecule has 3 aromatic rings. The van der Waals surface area contributed by atoms with Gasteiger partial charge in [0.2, 0.25) is 0 Å². The molecule has 0 unspecified atom stereocenters. The molecule has 2 N–H and O–H groups in total. The Labute approximate surface area is 128 Å². The number of hydrogen-bond donors (Lipinski definition) is 1. The van der Waals surface area contributed by atoms with E-state index in [9.17, 15) is 0 Å². The molecule has 0 amide bonds. The summed E-state index contributed by atoms with van der Waals surface area (Å²) in [5.41, 5.74) is 12.2. The standard InChI is InChI=1S/C16H13ClN2Se/c17-10-6-4-9(5-7-10)14-8-13-16(20-14)15(18)11-2-1-3-12(11)19-13/h4-8H,1-3H2,(H2,18,19). The number of rotatable bonds is 1. The van der Waals surface area contributed by atoms with E-state index in [0.717, 1.165) is 29.1 Å². The third-order valence-corrected chi connectivity index (χ3v) is 6.64. The van der Waals surface area contributed by atoms with Crippen LogP contribution in [0.2, 0.25) is 5.02 Å². The molecule has 0 fully saturated rings. The van der Waals surface area contributed by atoms with Gasteiger partial charge in [-0.1, -0.05) is 0 Å². The molecule has 0 atom stereocenters. The summed E-state index contributed by atoms with van der Waals surface area (Å²) in [4.78, 5) is 4.82. The van der Waals surface area contributed by atoms with Crippen LogP contribution in [0.1, 0.15) is 17.7 Å². The van der Waals surface area contributed by atoms with Gasteiger partial charge in [-0.2, -0.15) is 0 Å². The summed E-state index contributed by atoms with van der Waals surface area (Å²) in [5.74, 6) is 0. The summed E-state index contributed by atoms with van der Waals surface area (Å²) in [6.45, 7) is 0. The van der Waals surface area contributed by atoms with Gasteiger partial charge in [-0.25, -0.2) is 0 Å². The summed E-state index contributed by atoms with van der Waals surface area (Å²) >= 11 is 6.20. The molecule has 2 aromatic heterocycles. The van der Waals surface area contributed by atoms with E-state index in [4.69, 9.17) is 22.3 Å². The molecule has 100 valence electrons. The fraction of sp³-hybridized carbons (Fsp3) is 0.188. The SMILES string of the molecule is Nc1c2c(nc3cc(-c4ccc(Cl)cc4)[se]c13)CCC2. The number of anilines is 1. The number of benzene rings is 1. The second-order valence-corrected chi connectivity index (χ2v) is 7.78. The maximum atomic E-state index is 6.37. The van der Waals surface area contributed by atoms with E-state index in [1.54, 1.807) is 0 Å². The fourth-order valence-electron chi connectivity index (χ4n) is 2.84. The number of nitrogens with two attached hydrogens (primary N) is 1. The van der Waals surface area contributed by atoms with Gasteiger partial charge in [-0.3, -0.25) is 0 Å². The number of nitrogen functional groups attached to an aromatic ring is 1. The van der Waals surface area contributed by atoms with Gasteiger partial charge in [0.1, 0.15) is 0 Å². The van der Waals surface area contributed by atoms with Crippen molar-refractivity contribution in [3.8, 4) is 10.0 Å². The summed E-state index contributed by atoms with van der Waals surface area (Å²) in [6.07, 6.45) is 3.36. The molecule has 1 aromatic carbocycles. The predicted octanol–water partition coefficient (Wildman–Crippen LogP) is 3.68. The first kappa shape index (κ1) is 12.5. The number of halogens is 1. The summed E-state index contributed by atoms with van der Waals surface area (Å²) < 4.78 is 2.61. The molecule has 0 saturated carbocycles. The van der Waals surface area contributed by atoms with Crippen LogP contribution in [0, 0.1) is 0 Å². The van der Waals surface area contributed by atoms with E-state index in [1.807, 2.05) is 12.1 Å². The van der Waals surface area contributed by atoms with E-state index in [0.29, 0.717) is 0 Å². The molecular formula is C16H13ClN2Se. The quantitative estimate of drug-likeness (QED) is 0.682. The first-order valence-electron chi connectivity index (χ1n) is 6.69. The van der Waals surface area contributed by atoms with Crippen LogP contribution >= 0.6 is 11.6 Å². The third kappa shape index (κ3) is 1.89. The number of hydrogen-bond acceptors (Lipinski definition) is 2. The van der Waals surface area contributed by atoms with E-state index < -0.39 is 0 Å². The average molecular weight is 348 g/mol. The number of pyridine rings is 1. The van der Waals surface area contributed by atoms with Crippen molar-refractivity contribution in [2.45, 2.75) is 19.3 Å². The van der Waals surface area contributed by atoms with Crippen molar-refractivity contribution in [3.63, 3.8) is 0 Å². The van der Waals surface area contributed by atoms with Gasteiger partial charge in [-0.15, -0.1) is 0 Å². The van der Waals surface area contributed by atoms with Crippen LogP contribution in [0.15, 0.2) is 30.3 Å². The first-order chi connectivity index (χ1) is 9.72. The zero-order valence-electron chi connectivity index (χ0n) is 10.8. The molecule has 4 heteroatoms. The molecule has 0 aliphatic heterocycles. The molecule has 1 aliphatic rings.